The molecule has 0 aromatic carbocycles. The Labute approximate surface area is 199 Å². The monoisotopic (exact) mass is 491 g/mol. The van der Waals surface area contributed by atoms with E-state index in [0.717, 1.165) is 49.1 Å². The van der Waals surface area contributed by atoms with E-state index in [1.807, 2.05) is 12.3 Å². The number of nitrogens with zero attached hydrogens (tertiary/aromatic N) is 5. The summed E-state index contributed by atoms with van der Waals surface area (Å²) in [5.74, 6) is 1.09. The number of carbonyl (C=O) groups excluding carboxylic acids is 1. The lowest BCUT2D eigenvalue weighted by molar-refractivity contribution is -0.133. The zero-order valence-corrected chi connectivity index (χ0v) is 20.1. The van der Waals surface area contributed by atoms with Crippen LogP contribution in [-0.2, 0) is 15.0 Å². The molecule has 12 heteroatoms. The zero-order chi connectivity index (χ0) is 23.8. The van der Waals surface area contributed by atoms with E-state index in [0.29, 0.717) is 39.1 Å². The highest BCUT2D eigenvalue weighted by Crippen LogP contribution is 2.46. The Morgan fingerprint density at radius 2 is 2.12 bits per heavy atom. The number of aromatic amines is 1. The summed E-state index contributed by atoms with van der Waals surface area (Å²) in [5.41, 5.74) is 0.404. The van der Waals surface area contributed by atoms with Crippen molar-refractivity contribution in [3.05, 3.63) is 18.6 Å². The molecule has 34 heavy (non-hydrogen) atoms. The molecule has 1 aliphatic carbocycles. The number of nitrogens with one attached hydrogen (secondary N) is 2. The number of carbonyl (C=O) groups is 1. The van der Waals surface area contributed by atoms with Gasteiger partial charge in [0.15, 0.2) is 0 Å². The van der Waals surface area contributed by atoms with Crippen molar-refractivity contribution in [2.45, 2.75) is 44.1 Å². The van der Waals surface area contributed by atoms with Crippen LogP contribution in [0.25, 0.3) is 11.0 Å². The third-order valence-corrected chi connectivity index (χ3v) is 9.09. The number of hydrogen-bond acceptors (Lipinski definition) is 7. The van der Waals surface area contributed by atoms with E-state index in [1.165, 1.54) is 0 Å². The average molecular weight is 492 g/mol. The highest BCUT2D eigenvalue weighted by Gasteiger charge is 2.56. The van der Waals surface area contributed by atoms with Gasteiger partial charge in [-0.05, 0) is 44.1 Å². The molecule has 5 rings (SSSR count). The van der Waals surface area contributed by atoms with Gasteiger partial charge < -0.3 is 19.9 Å². The maximum absolute atomic E-state index is 13.2. The van der Waals surface area contributed by atoms with E-state index in [9.17, 15) is 13.2 Å². The molecule has 0 bridgehead atoms. The number of piperazine rings is 1. The smallest absolute Gasteiger partial charge is 0.280 e. The Bertz CT molecular complexity index is 1130. The molecule has 186 valence electrons. The Kier molecular flexibility index (Phi) is 6.49. The summed E-state index contributed by atoms with van der Waals surface area (Å²) in [4.78, 5) is 27.9. The van der Waals surface area contributed by atoms with E-state index in [2.05, 4.69) is 24.6 Å². The lowest BCUT2D eigenvalue weighted by Crippen LogP contribution is -2.59. The number of aliphatic hydroxyl groups is 1. The molecule has 1 spiro atoms. The Morgan fingerprint density at radius 1 is 1.26 bits per heavy atom. The predicted molar refractivity (Wildman–Crippen MR) is 127 cm³/mol. The highest BCUT2D eigenvalue weighted by molar-refractivity contribution is 7.87. The van der Waals surface area contributed by atoms with Gasteiger partial charge in [-0.1, -0.05) is 0 Å². The Balaban J connectivity index is 1.18. The minimum Gasteiger partial charge on any atom is -0.396 e. The second kappa shape index (κ2) is 9.40. The molecule has 3 aliphatic rings. The fourth-order valence-corrected chi connectivity index (χ4v) is 7.04. The van der Waals surface area contributed by atoms with Gasteiger partial charge in [0.25, 0.3) is 10.2 Å². The second-order valence-corrected chi connectivity index (χ2v) is 11.3. The van der Waals surface area contributed by atoms with Crippen molar-refractivity contribution in [1.82, 2.24) is 28.9 Å². The number of piperidine rings is 1. The number of fused-ring (bicyclic) bond motifs is 1. The Hall–Kier alpha value is -2.28. The number of aromatic nitrogens is 3. The highest BCUT2D eigenvalue weighted by atomic mass is 32.2. The van der Waals surface area contributed by atoms with Crippen molar-refractivity contribution in [3.63, 3.8) is 0 Å². The molecule has 1 atom stereocenters. The first kappa shape index (κ1) is 23.5. The second-order valence-electron chi connectivity index (χ2n) is 9.66. The maximum Gasteiger partial charge on any atom is 0.280 e. The number of anilines is 1. The van der Waals surface area contributed by atoms with Gasteiger partial charge >= 0.3 is 0 Å². The van der Waals surface area contributed by atoms with Crippen LogP contribution in [0, 0.1) is 5.92 Å². The topological polar surface area (TPSA) is 135 Å². The van der Waals surface area contributed by atoms with E-state index in [4.69, 9.17) is 5.11 Å². The van der Waals surface area contributed by atoms with Gasteiger partial charge in [0.2, 0.25) is 5.91 Å². The number of amides is 1. The summed E-state index contributed by atoms with van der Waals surface area (Å²) in [5, 5.41) is 9.96. The van der Waals surface area contributed by atoms with Crippen LogP contribution in [0.5, 0.6) is 0 Å². The normalized spacial score (nSPS) is 23.0. The number of likely N-dealkylation sites (tertiary alicyclic amines) is 1. The largest absolute Gasteiger partial charge is 0.396 e. The third kappa shape index (κ3) is 4.64. The van der Waals surface area contributed by atoms with E-state index >= 15 is 0 Å². The van der Waals surface area contributed by atoms with Crippen molar-refractivity contribution in [2.24, 2.45) is 5.92 Å². The van der Waals surface area contributed by atoms with Crippen LogP contribution in [0.2, 0.25) is 0 Å². The first-order valence-electron chi connectivity index (χ1n) is 12.1. The third-order valence-electron chi connectivity index (χ3n) is 7.37. The van der Waals surface area contributed by atoms with Gasteiger partial charge in [0.05, 0.1) is 17.5 Å². The molecular formula is C22H33N7O4S. The molecule has 4 heterocycles. The minimum atomic E-state index is -3.60. The van der Waals surface area contributed by atoms with Crippen LogP contribution >= 0.6 is 0 Å². The zero-order valence-electron chi connectivity index (χ0n) is 19.3. The fourth-order valence-electron chi connectivity index (χ4n) is 5.43. The SMILES string of the molecule is O=C(CCO)N1CCCC(CCNS(=O)(=O)N2CCN(c3ncnc4[nH]ccc34)CC23CC3)C1. The summed E-state index contributed by atoms with van der Waals surface area (Å²) in [6.45, 7) is 3.19. The van der Waals surface area contributed by atoms with Crippen molar-refractivity contribution >= 4 is 33.0 Å². The standard InChI is InChI=1S/C22H33N7O4S/c30-13-5-19(31)27-10-1-2-17(14-27)3-9-26-34(32,33)29-12-11-28(15-22(29)6-7-22)21-18-4-8-23-20(18)24-16-25-21/h4,8,16-17,26,30H,1-3,5-7,9-15H2,(H,23,24,25). The molecule has 1 saturated carbocycles. The maximum atomic E-state index is 13.2. The lowest BCUT2D eigenvalue weighted by Gasteiger charge is -2.41. The van der Waals surface area contributed by atoms with E-state index < -0.39 is 10.2 Å². The van der Waals surface area contributed by atoms with Gasteiger partial charge in [-0.15, -0.1) is 0 Å². The van der Waals surface area contributed by atoms with E-state index in [1.54, 1.807) is 15.5 Å². The quantitative estimate of drug-likeness (QED) is 0.488. The van der Waals surface area contributed by atoms with Crippen LogP contribution in [-0.4, -0.2) is 95.0 Å². The van der Waals surface area contributed by atoms with Crippen molar-refractivity contribution < 1.29 is 18.3 Å². The summed E-state index contributed by atoms with van der Waals surface area (Å²) < 4.78 is 30.9. The van der Waals surface area contributed by atoms with Gasteiger partial charge in [-0.2, -0.15) is 12.7 Å². The molecule has 2 saturated heterocycles. The van der Waals surface area contributed by atoms with E-state index in [-0.39, 0.29) is 30.4 Å². The van der Waals surface area contributed by atoms with Crippen molar-refractivity contribution in [2.75, 3.05) is 50.8 Å². The average Bonchev–Trinajstić information content (AvgIpc) is 3.39. The molecule has 11 nitrogen and oxygen atoms in total. The number of rotatable bonds is 8. The van der Waals surface area contributed by atoms with Crippen LogP contribution in [0.4, 0.5) is 5.82 Å². The first-order valence-corrected chi connectivity index (χ1v) is 13.5. The van der Waals surface area contributed by atoms with Gasteiger partial charge in [0, 0.05) is 51.9 Å². The number of H-pyrrole nitrogens is 1. The first-order chi connectivity index (χ1) is 16.4. The Morgan fingerprint density at radius 3 is 2.91 bits per heavy atom. The summed E-state index contributed by atoms with van der Waals surface area (Å²) in [6.07, 6.45) is 7.82. The van der Waals surface area contributed by atoms with Crippen LogP contribution in [0.15, 0.2) is 18.6 Å². The molecule has 2 aromatic heterocycles. The van der Waals surface area contributed by atoms with Crippen molar-refractivity contribution in [3.8, 4) is 0 Å². The summed E-state index contributed by atoms with van der Waals surface area (Å²) in [6, 6.07) is 1.96. The minimum absolute atomic E-state index is 0.0260. The molecular weight excluding hydrogens is 458 g/mol. The van der Waals surface area contributed by atoms with Crippen LogP contribution in [0.1, 0.15) is 38.5 Å². The predicted octanol–water partition coefficient (Wildman–Crippen LogP) is 0.458. The molecule has 3 fully saturated rings. The molecule has 0 radical (unpaired) electrons. The fraction of sp³-hybridized carbons (Fsp3) is 0.682. The lowest BCUT2D eigenvalue weighted by atomic mass is 9.95. The number of aliphatic hydroxyl groups excluding tert-OH is 1. The molecule has 1 unspecified atom stereocenters. The molecule has 1 amide bonds. The van der Waals surface area contributed by atoms with Crippen molar-refractivity contribution in [1.29, 1.82) is 0 Å². The van der Waals surface area contributed by atoms with Crippen LogP contribution in [0.3, 0.4) is 0 Å². The summed E-state index contributed by atoms with van der Waals surface area (Å²) >= 11 is 0. The molecule has 3 N–H and O–H groups in total. The molecule has 2 aliphatic heterocycles. The van der Waals surface area contributed by atoms with Crippen LogP contribution < -0.4 is 9.62 Å². The van der Waals surface area contributed by atoms with Gasteiger partial charge in [-0.25, -0.2) is 14.7 Å². The van der Waals surface area contributed by atoms with Gasteiger partial charge in [-0.3, -0.25) is 4.79 Å². The number of hydrogen-bond donors (Lipinski definition) is 3. The molecule has 2 aromatic rings. The van der Waals surface area contributed by atoms with Gasteiger partial charge in [0.1, 0.15) is 17.8 Å². The summed E-state index contributed by atoms with van der Waals surface area (Å²) in [7, 11) is -3.60.